The van der Waals surface area contributed by atoms with Crippen molar-refractivity contribution in [3.8, 4) is 0 Å². The maximum absolute atomic E-state index is 5.62. The SMILES string of the molecule is CCn1ncnc1Cc1ccc(N)cc1. The monoisotopic (exact) mass is 202 g/mol. The van der Waals surface area contributed by atoms with Crippen molar-refractivity contribution >= 4 is 5.69 Å². The second-order valence-corrected chi connectivity index (χ2v) is 3.41. The zero-order valence-corrected chi connectivity index (χ0v) is 8.72. The highest BCUT2D eigenvalue weighted by Gasteiger charge is 2.03. The van der Waals surface area contributed by atoms with E-state index in [0.717, 1.165) is 24.5 Å². The molecule has 0 aliphatic carbocycles. The van der Waals surface area contributed by atoms with Gasteiger partial charge in [-0.15, -0.1) is 0 Å². The van der Waals surface area contributed by atoms with E-state index in [9.17, 15) is 0 Å². The van der Waals surface area contributed by atoms with Gasteiger partial charge in [0, 0.05) is 18.7 Å². The van der Waals surface area contributed by atoms with Crippen molar-refractivity contribution in [2.24, 2.45) is 0 Å². The molecular formula is C11H14N4. The quantitative estimate of drug-likeness (QED) is 0.767. The minimum absolute atomic E-state index is 0.788. The summed E-state index contributed by atoms with van der Waals surface area (Å²) in [6.07, 6.45) is 2.39. The van der Waals surface area contributed by atoms with Crippen LogP contribution in [0.1, 0.15) is 18.3 Å². The van der Waals surface area contributed by atoms with Crippen molar-refractivity contribution in [2.75, 3.05) is 5.73 Å². The van der Waals surface area contributed by atoms with E-state index in [1.165, 1.54) is 5.56 Å². The van der Waals surface area contributed by atoms with Gasteiger partial charge in [0.25, 0.3) is 0 Å². The number of hydrogen-bond donors (Lipinski definition) is 1. The molecule has 0 aliphatic rings. The molecule has 0 spiro atoms. The Balaban J connectivity index is 2.18. The Bertz CT molecular complexity index is 430. The standard InChI is InChI=1S/C11H14N4/c1-2-15-11(13-8-14-15)7-9-3-5-10(12)6-4-9/h3-6,8H,2,7,12H2,1H3. The maximum atomic E-state index is 5.62. The van der Waals surface area contributed by atoms with Gasteiger partial charge in [-0.2, -0.15) is 5.10 Å². The lowest BCUT2D eigenvalue weighted by Crippen LogP contribution is -2.04. The summed E-state index contributed by atoms with van der Waals surface area (Å²) in [6.45, 7) is 2.91. The van der Waals surface area contributed by atoms with Crippen molar-refractivity contribution in [3.63, 3.8) is 0 Å². The smallest absolute Gasteiger partial charge is 0.138 e. The number of benzene rings is 1. The van der Waals surface area contributed by atoms with Crippen LogP contribution in [0.4, 0.5) is 5.69 Å². The second-order valence-electron chi connectivity index (χ2n) is 3.41. The number of hydrogen-bond acceptors (Lipinski definition) is 3. The highest BCUT2D eigenvalue weighted by molar-refractivity contribution is 5.39. The molecular weight excluding hydrogens is 188 g/mol. The predicted molar refractivity (Wildman–Crippen MR) is 59.4 cm³/mol. The Morgan fingerprint density at radius 3 is 2.67 bits per heavy atom. The molecule has 0 fully saturated rings. The van der Waals surface area contributed by atoms with E-state index in [2.05, 4.69) is 17.0 Å². The predicted octanol–water partition coefficient (Wildman–Crippen LogP) is 1.47. The van der Waals surface area contributed by atoms with Crippen LogP contribution < -0.4 is 5.73 Å². The van der Waals surface area contributed by atoms with Crippen LogP contribution in [0.2, 0.25) is 0 Å². The van der Waals surface area contributed by atoms with Crippen molar-refractivity contribution in [1.82, 2.24) is 14.8 Å². The molecule has 0 saturated carbocycles. The van der Waals surface area contributed by atoms with Crippen molar-refractivity contribution in [1.29, 1.82) is 0 Å². The number of nitrogen functional groups attached to an aromatic ring is 1. The number of aromatic nitrogens is 3. The fraction of sp³-hybridized carbons (Fsp3) is 0.273. The number of nitrogens with two attached hydrogens (primary N) is 1. The van der Waals surface area contributed by atoms with Gasteiger partial charge in [-0.1, -0.05) is 12.1 Å². The number of nitrogens with zero attached hydrogens (tertiary/aromatic N) is 3. The highest BCUT2D eigenvalue weighted by Crippen LogP contribution is 2.09. The zero-order valence-electron chi connectivity index (χ0n) is 8.72. The number of aryl methyl sites for hydroxylation is 1. The fourth-order valence-electron chi connectivity index (χ4n) is 1.51. The molecule has 0 atom stereocenters. The summed E-state index contributed by atoms with van der Waals surface area (Å²) in [4.78, 5) is 4.23. The van der Waals surface area contributed by atoms with Gasteiger partial charge in [-0.3, -0.25) is 4.68 Å². The molecule has 1 aromatic heterocycles. The van der Waals surface area contributed by atoms with Gasteiger partial charge in [-0.05, 0) is 24.6 Å². The Labute approximate surface area is 88.8 Å². The van der Waals surface area contributed by atoms with Crippen LogP contribution in [0, 0.1) is 0 Å². The van der Waals surface area contributed by atoms with E-state index in [0.29, 0.717) is 0 Å². The molecule has 1 heterocycles. The average molecular weight is 202 g/mol. The van der Waals surface area contributed by atoms with E-state index >= 15 is 0 Å². The maximum Gasteiger partial charge on any atom is 0.138 e. The van der Waals surface area contributed by atoms with Crippen LogP contribution in [0.25, 0.3) is 0 Å². The summed E-state index contributed by atoms with van der Waals surface area (Å²) in [7, 11) is 0. The number of rotatable bonds is 3. The molecule has 78 valence electrons. The van der Waals surface area contributed by atoms with E-state index in [4.69, 9.17) is 5.73 Å². The Hall–Kier alpha value is -1.84. The summed E-state index contributed by atoms with van der Waals surface area (Å²) < 4.78 is 1.90. The van der Waals surface area contributed by atoms with E-state index in [-0.39, 0.29) is 0 Å². The molecule has 0 aliphatic heterocycles. The lowest BCUT2D eigenvalue weighted by Gasteiger charge is -2.03. The first-order valence-corrected chi connectivity index (χ1v) is 5.00. The van der Waals surface area contributed by atoms with Crippen LogP contribution in [0.15, 0.2) is 30.6 Å². The topological polar surface area (TPSA) is 56.7 Å². The van der Waals surface area contributed by atoms with Gasteiger partial charge in [0.05, 0.1) is 0 Å². The van der Waals surface area contributed by atoms with Gasteiger partial charge in [0.15, 0.2) is 0 Å². The first-order chi connectivity index (χ1) is 7.29. The van der Waals surface area contributed by atoms with Gasteiger partial charge >= 0.3 is 0 Å². The van der Waals surface area contributed by atoms with Crippen LogP contribution in [-0.4, -0.2) is 14.8 Å². The molecule has 2 aromatic rings. The molecule has 0 unspecified atom stereocenters. The van der Waals surface area contributed by atoms with Crippen molar-refractivity contribution < 1.29 is 0 Å². The van der Waals surface area contributed by atoms with E-state index in [1.54, 1.807) is 6.33 Å². The summed E-state index contributed by atoms with van der Waals surface area (Å²) >= 11 is 0. The summed E-state index contributed by atoms with van der Waals surface area (Å²) in [5.74, 6) is 0.988. The highest BCUT2D eigenvalue weighted by atomic mass is 15.3. The van der Waals surface area contributed by atoms with Gasteiger partial charge in [-0.25, -0.2) is 4.98 Å². The van der Waals surface area contributed by atoms with Crippen molar-refractivity contribution in [3.05, 3.63) is 42.0 Å². The fourth-order valence-corrected chi connectivity index (χ4v) is 1.51. The van der Waals surface area contributed by atoms with Crippen molar-refractivity contribution in [2.45, 2.75) is 19.9 Å². The van der Waals surface area contributed by atoms with Gasteiger partial charge < -0.3 is 5.73 Å². The minimum atomic E-state index is 0.788. The third-order valence-electron chi connectivity index (χ3n) is 2.34. The average Bonchev–Trinajstić information content (AvgIpc) is 2.69. The van der Waals surface area contributed by atoms with Gasteiger partial charge in [0.1, 0.15) is 12.2 Å². The Morgan fingerprint density at radius 1 is 1.27 bits per heavy atom. The summed E-state index contributed by atoms with van der Waals surface area (Å²) in [5.41, 5.74) is 7.61. The minimum Gasteiger partial charge on any atom is -0.399 e. The van der Waals surface area contributed by atoms with Crippen LogP contribution >= 0.6 is 0 Å². The zero-order chi connectivity index (χ0) is 10.7. The number of anilines is 1. The first kappa shape index (κ1) is 9.71. The molecule has 0 bridgehead atoms. The molecule has 2 rings (SSSR count). The second kappa shape index (κ2) is 4.13. The molecule has 4 heteroatoms. The lowest BCUT2D eigenvalue weighted by atomic mass is 10.1. The molecule has 0 radical (unpaired) electrons. The lowest BCUT2D eigenvalue weighted by molar-refractivity contribution is 0.624. The van der Waals surface area contributed by atoms with Crippen LogP contribution in [-0.2, 0) is 13.0 Å². The molecule has 15 heavy (non-hydrogen) atoms. The Kier molecular flexibility index (Phi) is 2.67. The summed E-state index contributed by atoms with van der Waals surface area (Å²) in [5, 5.41) is 4.13. The molecule has 4 nitrogen and oxygen atoms in total. The van der Waals surface area contributed by atoms with Crippen LogP contribution in [0.5, 0.6) is 0 Å². The van der Waals surface area contributed by atoms with E-state index < -0.39 is 0 Å². The summed E-state index contributed by atoms with van der Waals surface area (Å²) in [6, 6.07) is 7.85. The van der Waals surface area contributed by atoms with Gasteiger partial charge in [0.2, 0.25) is 0 Å². The molecule has 2 N–H and O–H groups in total. The Morgan fingerprint density at radius 2 is 2.00 bits per heavy atom. The third-order valence-corrected chi connectivity index (χ3v) is 2.34. The molecule has 0 saturated heterocycles. The first-order valence-electron chi connectivity index (χ1n) is 5.00. The van der Waals surface area contributed by atoms with E-state index in [1.807, 2.05) is 28.9 Å². The molecule has 1 aromatic carbocycles. The van der Waals surface area contributed by atoms with Crippen LogP contribution in [0.3, 0.4) is 0 Å². The third kappa shape index (κ3) is 2.15. The normalized spacial score (nSPS) is 10.5. The molecule has 0 amide bonds. The largest absolute Gasteiger partial charge is 0.399 e.